The molecule has 4 nitrogen and oxygen atoms in total. The van der Waals surface area contributed by atoms with Crippen LogP contribution in [-0.4, -0.2) is 34.5 Å². The van der Waals surface area contributed by atoms with E-state index in [1.807, 2.05) is 24.3 Å². The van der Waals surface area contributed by atoms with Crippen LogP contribution in [0.3, 0.4) is 0 Å². The SMILES string of the molecule is O=C(O)c1cnc2ccccc2c1SC1COC1. The summed E-state index contributed by atoms with van der Waals surface area (Å²) in [4.78, 5) is 16.3. The molecule has 3 rings (SSSR count). The number of hydrogen-bond acceptors (Lipinski definition) is 4. The molecular formula is C13H11NO3S. The summed E-state index contributed by atoms with van der Waals surface area (Å²) in [6, 6.07) is 7.60. The number of aromatic nitrogens is 1. The molecule has 0 radical (unpaired) electrons. The van der Waals surface area contributed by atoms with Crippen molar-refractivity contribution in [3.05, 3.63) is 36.0 Å². The quantitative estimate of drug-likeness (QED) is 0.919. The summed E-state index contributed by atoms with van der Waals surface area (Å²) in [6.45, 7) is 1.36. The van der Waals surface area contributed by atoms with Crippen molar-refractivity contribution in [1.29, 1.82) is 0 Å². The lowest BCUT2D eigenvalue weighted by Crippen LogP contribution is -2.30. The van der Waals surface area contributed by atoms with Gasteiger partial charge in [-0.2, -0.15) is 0 Å². The fourth-order valence-corrected chi connectivity index (χ4v) is 3.07. The van der Waals surface area contributed by atoms with Gasteiger partial charge in [0, 0.05) is 16.5 Å². The maximum Gasteiger partial charge on any atom is 0.338 e. The van der Waals surface area contributed by atoms with Gasteiger partial charge < -0.3 is 9.84 Å². The summed E-state index contributed by atoms with van der Waals surface area (Å²) in [6.07, 6.45) is 1.44. The molecule has 0 unspecified atom stereocenters. The van der Waals surface area contributed by atoms with Gasteiger partial charge in [-0.05, 0) is 6.07 Å². The van der Waals surface area contributed by atoms with Crippen LogP contribution in [0.2, 0.25) is 0 Å². The Bertz CT molecular complexity index is 610. The maximum atomic E-state index is 11.3. The number of para-hydroxylation sites is 1. The van der Waals surface area contributed by atoms with Gasteiger partial charge in [-0.25, -0.2) is 4.79 Å². The summed E-state index contributed by atoms with van der Waals surface area (Å²) in [5.41, 5.74) is 1.09. The number of carboxylic acids is 1. The highest BCUT2D eigenvalue weighted by Gasteiger charge is 2.24. The van der Waals surface area contributed by atoms with E-state index in [1.165, 1.54) is 6.20 Å². The smallest absolute Gasteiger partial charge is 0.338 e. The summed E-state index contributed by atoms with van der Waals surface area (Å²) in [5, 5.41) is 10.5. The minimum Gasteiger partial charge on any atom is -0.478 e. The van der Waals surface area contributed by atoms with Crippen LogP contribution in [-0.2, 0) is 4.74 Å². The molecule has 2 aromatic rings. The number of nitrogens with zero attached hydrogens (tertiary/aromatic N) is 1. The van der Waals surface area contributed by atoms with Crippen molar-refractivity contribution in [1.82, 2.24) is 4.98 Å². The van der Waals surface area contributed by atoms with Crippen molar-refractivity contribution in [3.63, 3.8) is 0 Å². The van der Waals surface area contributed by atoms with Gasteiger partial charge in [0.25, 0.3) is 0 Å². The predicted octanol–water partition coefficient (Wildman–Crippen LogP) is 2.42. The predicted molar refractivity (Wildman–Crippen MR) is 69.2 cm³/mol. The monoisotopic (exact) mass is 261 g/mol. The second-order valence-corrected chi connectivity index (χ2v) is 5.41. The van der Waals surface area contributed by atoms with Gasteiger partial charge in [0.1, 0.15) is 0 Å². The van der Waals surface area contributed by atoms with Crippen molar-refractivity contribution in [3.8, 4) is 0 Å². The highest BCUT2D eigenvalue weighted by atomic mass is 32.2. The van der Waals surface area contributed by atoms with E-state index in [2.05, 4.69) is 4.98 Å². The second kappa shape index (κ2) is 4.59. The Morgan fingerprint density at radius 3 is 2.83 bits per heavy atom. The van der Waals surface area contributed by atoms with Crippen molar-refractivity contribution < 1.29 is 14.6 Å². The molecule has 18 heavy (non-hydrogen) atoms. The third-order valence-electron chi connectivity index (χ3n) is 2.85. The molecule has 1 saturated heterocycles. The number of hydrogen-bond donors (Lipinski definition) is 1. The molecule has 5 heteroatoms. The van der Waals surface area contributed by atoms with E-state index < -0.39 is 5.97 Å². The molecule has 2 heterocycles. The Labute approximate surface area is 108 Å². The number of ether oxygens (including phenoxy) is 1. The molecular weight excluding hydrogens is 250 g/mol. The largest absolute Gasteiger partial charge is 0.478 e. The number of thioether (sulfide) groups is 1. The number of benzene rings is 1. The molecule has 1 fully saturated rings. The summed E-state index contributed by atoms with van der Waals surface area (Å²) in [5.74, 6) is -0.934. The Morgan fingerprint density at radius 1 is 1.39 bits per heavy atom. The van der Waals surface area contributed by atoms with E-state index in [0.717, 1.165) is 15.8 Å². The zero-order valence-electron chi connectivity index (χ0n) is 9.50. The maximum absolute atomic E-state index is 11.3. The third-order valence-corrected chi connectivity index (χ3v) is 4.13. The van der Waals surface area contributed by atoms with Crippen LogP contribution >= 0.6 is 11.8 Å². The summed E-state index contributed by atoms with van der Waals surface area (Å²) >= 11 is 1.57. The second-order valence-electron chi connectivity index (χ2n) is 4.10. The molecule has 1 aliphatic heterocycles. The number of fused-ring (bicyclic) bond motifs is 1. The Kier molecular flexibility index (Phi) is 2.93. The van der Waals surface area contributed by atoms with Gasteiger partial charge in [-0.15, -0.1) is 11.8 Å². The molecule has 1 aromatic carbocycles. The normalized spacial score (nSPS) is 15.6. The van der Waals surface area contributed by atoms with E-state index in [9.17, 15) is 9.90 Å². The number of carbonyl (C=O) groups is 1. The van der Waals surface area contributed by atoms with E-state index in [1.54, 1.807) is 11.8 Å². The molecule has 0 amide bonds. The van der Waals surface area contributed by atoms with E-state index in [-0.39, 0.29) is 5.56 Å². The number of aromatic carboxylic acids is 1. The zero-order chi connectivity index (χ0) is 12.5. The number of carboxylic acid groups (broad SMARTS) is 1. The average Bonchev–Trinajstić information content (AvgIpc) is 2.33. The zero-order valence-corrected chi connectivity index (χ0v) is 10.3. The molecule has 0 saturated carbocycles. The van der Waals surface area contributed by atoms with Crippen LogP contribution in [0.5, 0.6) is 0 Å². The Hall–Kier alpha value is -1.59. The molecule has 0 bridgehead atoms. The van der Waals surface area contributed by atoms with Gasteiger partial charge in [0.2, 0.25) is 0 Å². The molecule has 1 aromatic heterocycles. The van der Waals surface area contributed by atoms with E-state index in [0.29, 0.717) is 18.5 Å². The lowest BCUT2D eigenvalue weighted by atomic mass is 10.1. The van der Waals surface area contributed by atoms with Crippen molar-refractivity contribution in [2.45, 2.75) is 10.1 Å². The highest BCUT2D eigenvalue weighted by Crippen LogP contribution is 2.35. The minimum absolute atomic E-state index is 0.269. The Balaban J connectivity index is 2.14. The summed E-state index contributed by atoms with van der Waals surface area (Å²) in [7, 11) is 0. The third kappa shape index (κ3) is 1.95. The van der Waals surface area contributed by atoms with Crippen LogP contribution in [0.1, 0.15) is 10.4 Å². The first kappa shape index (κ1) is 11.5. The molecule has 0 aliphatic carbocycles. The topological polar surface area (TPSA) is 59.4 Å². The Morgan fingerprint density at radius 2 is 2.17 bits per heavy atom. The van der Waals surface area contributed by atoms with Crippen molar-refractivity contribution in [2.75, 3.05) is 13.2 Å². The van der Waals surface area contributed by atoms with Gasteiger partial charge >= 0.3 is 5.97 Å². The number of rotatable bonds is 3. The molecule has 0 atom stereocenters. The van der Waals surface area contributed by atoms with Crippen LogP contribution in [0.15, 0.2) is 35.4 Å². The van der Waals surface area contributed by atoms with Gasteiger partial charge in [-0.1, -0.05) is 18.2 Å². The van der Waals surface area contributed by atoms with Crippen LogP contribution in [0.25, 0.3) is 10.9 Å². The first-order valence-corrected chi connectivity index (χ1v) is 6.49. The van der Waals surface area contributed by atoms with Crippen LogP contribution in [0, 0.1) is 0 Å². The lowest BCUT2D eigenvalue weighted by Gasteiger charge is -2.26. The first-order valence-electron chi connectivity index (χ1n) is 5.61. The fourth-order valence-electron chi connectivity index (χ4n) is 1.84. The lowest BCUT2D eigenvalue weighted by molar-refractivity contribution is 0.0455. The molecule has 1 N–H and O–H groups in total. The van der Waals surface area contributed by atoms with Gasteiger partial charge in [0.15, 0.2) is 0 Å². The number of pyridine rings is 1. The molecule has 92 valence electrons. The average molecular weight is 261 g/mol. The molecule has 0 spiro atoms. The standard InChI is InChI=1S/C13H11NO3S/c15-13(16)10-5-14-11-4-2-1-3-9(11)12(10)18-8-6-17-7-8/h1-5,8H,6-7H2,(H,15,16). The van der Waals surface area contributed by atoms with Gasteiger partial charge in [0.05, 0.1) is 29.5 Å². The summed E-state index contributed by atoms with van der Waals surface area (Å²) < 4.78 is 5.14. The van der Waals surface area contributed by atoms with Crippen molar-refractivity contribution in [2.24, 2.45) is 0 Å². The van der Waals surface area contributed by atoms with Crippen molar-refractivity contribution >= 4 is 28.6 Å². The van der Waals surface area contributed by atoms with Crippen LogP contribution in [0.4, 0.5) is 0 Å². The minimum atomic E-state index is -0.934. The van der Waals surface area contributed by atoms with Crippen LogP contribution < -0.4 is 0 Å². The fraction of sp³-hybridized carbons (Fsp3) is 0.231. The first-order chi connectivity index (χ1) is 8.75. The molecule has 1 aliphatic rings. The van der Waals surface area contributed by atoms with E-state index >= 15 is 0 Å². The van der Waals surface area contributed by atoms with E-state index in [4.69, 9.17) is 4.74 Å². The highest BCUT2D eigenvalue weighted by molar-refractivity contribution is 8.00. The van der Waals surface area contributed by atoms with Gasteiger partial charge in [-0.3, -0.25) is 4.98 Å².